The van der Waals surface area contributed by atoms with Crippen molar-refractivity contribution in [2.24, 2.45) is 0 Å². The molecule has 0 saturated carbocycles. The highest BCUT2D eigenvalue weighted by Gasteiger charge is 2.05. The van der Waals surface area contributed by atoms with Crippen LogP contribution in [0.25, 0.3) is 0 Å². The number of para-hydroxylation sites is 1. The number of halogens is 1. The molecule has 0 spiro atoms. The van der Waals surface area contributed by atoms with Gasteiger partial charge in [-0.25, -0.2) is 9.37 Å². The van der Waals surface area contributed by atoms with Crippen molar-refractivity contribution in [3.63, 3.8) is 0 Å². The summed E-state index contributed by atoms with van der Waals surface area (Å²) in [6.45, 7) is 3.92. The van der Waals surface area contributed by atoms with Crippen LogP contribution in [0.1, 0.15) is 11.3 Å². The zero-order chi connectivity index (χ0) is 16.2. The van der Waals surface area contributed by atoms with Crippen LogP contribution in [0, 0.1) is 19.7 Å². The van der Waals surface area contributed by atoms with Crippen molar-refractivity contribution in [1.29, 1.82) is 0 Å². The van der Waals surface area contributed by atoms with Crippen molar-refractivity contribution in [3.8, 4) is 0 Å². The molecule has 0 aliphatic carbocycles. The van der Waals surface area contributed by atoms with Crippen LogP contribution in [0.15, 0.2) is 54.6 Å². The monoisotopic (exact) mass is 308 g/mol. The third kappa shape index (κ3) is 3.83. The Morgan fingerprint density at radius 1 is 0.870 bits per heavy atom. The smallest absolute Gasteiger partial charge is 0.229 e. The fourth-order valence-corrected chi connectivity index (χ4v) is 2.23. The van der Waals surface area contributed by atoms with Crippen molar-refractivity contribution >= 4 is 23.1 Å². The summed E-state index contributed by atoms with van der Waals surface area (Å²) in [5.41, 5.74) is 3.54. The minimum Gasteiger partial charge on any atom is -0.340 e. The molecule has 5 heteroatoms. The van der Waals surface area contributed by atoms with Gasteiger partial charge in [-0.3, -0.25) is 0 Å². The van der Waals surface area contributed by atoms with Gasteiger partial charge in [0.15, 0.2) is 0 Å². The first-order chi connectivity index (χ1) is 11.1. The normalized spacial score (nSPS) is 10.4. The van der Waals surface area contributed by atoms with Gasteiger partial charge in [-0.05, 0) is 43.7 Å². The first kappa shape index (κ1) is 15.0. The average molecular weight is 308 g/mol. The maximum absolute atomic E-state index is 13.3. The number of aryl methyl sites for hydroxylation is 2. The number of nitrogens with one attached hydrogen (secondary N) is 2. The summed E-state index contributed by atoms with van der Waals surface area (Å²) in [4.78, 5) is 8.78. The fraction of sp³-hybridized carbons (Fsp3) is 0.111. The summed E-state index contributed by atoms with van der Waals surface area (Å²) in [5, 5.41) is 6.31. The number of hydrogen-bond acceptors (Lipinski definition) is 4. The van der Waals surface area contributed by atoms with Crippen LogP contribution < -0.4 is 10.6 Å². The Balaban J connectivity index is 1.86. The molecule has 0 saturated heterocycles. The fourth-order valence-electron chi connectivity index (χ4n) is 2.23. The Labute approximate surface area is 134 Å². The van der Waals surface area contributed by atoms with Crippen LogP contribution in [0.2, 0.25) is 0 Å². The molecule has 0 aliphatic rings. The molecule has 0 fully saturated rings. The molecule has 0 unspecified atom stereocenters. The summed E-state index contributed by atoms with van der Waals surface area (Å²) in [6.07, 6.45) is 0. The van der Waals surface area contributed by atoms with E-state index in [9.17, 15) is 4.39 Å². The van der Waals surface area contributed by atoms with Crippen molar-refractivity contribution < 1.29 is 4.39 Å². The summed E-state index contributed by atoms with van der Waals surface area (Å²) in [6, 6.07) is 16.0. The van der Waals surface area contributed by atoms with Crippen LogP contribution in [-0.2, 0) is 0 Å². The van der Waals surface area contributed by atoms with Crippen LogP contribution in [0.5, 0.6) is 0 Å². The molecule has 116 valence electrons. The van der Waals surface area contributed by atoms with E-state index in [1.807, 2.05) is 44.2 Å². The van der Waals surface area contributed by atoms with Gasteiger partial charge in [0.2, 0.25) is 5.95 Å². The topological polar surface area (TPSA) is 49.8 Å². The minimum absolute atomic E-state index is 0.305. The lowest BCUT2D eigenvalue weighted by Gasteiger charge is -2.11. The highest BCUT2D eigenvalue weighted by Crippen LogP contribution is 2.21. The lowest BCUT2D eigenvalue weighted by atomic mass is 10.2. The average Bonchev–Trinajstić information content (AvgIpc) is 2.49. The first-order valence-electron chi connectivity index (χ1n) is 7.31. The molecule has 1 aromatic heterocycles. The highest BCUT2D eigenvalue weighted by molar-refractivity contribution is 5.62. The lowest BCUT2D eigenvalue weighted by molar-refractivity contribution is 0.628. The Hall–Kier alpha value is -2.95. The molecule has 1 heterocycles. The third-order valence-electron chi connectivity index (χ3n) is 3.34. The molecule has 0 bridgehead atoms. The summed E-state index contributed by atoms with van der Waals surface area (Å²) in [7, 11) is 0. The van der Waals surface area contributed by atoms with Crippen molar-refractivity contribution in [3.05, 3.63) is 71.7 Å². The van der Waals surface area contributed by atoms with Gasteiger partial charge < -0.3 is 10.6 Å². The molecule has 3 rings (SSSR count). The molecule has 2 aromatic carbocycles. The Morgan fingerprint density at radius 2 is 1.70 bits per heavy atom. The van der Waals surface area contributed by atoms with Crippen LogP contribution in [-0.4, -0.2) is 9.97 Å². The number of aromatic nitrogens is 2. The van der Waals surface area contributed by atoms with E-state index in [1.165, 1.54) is 12.1 Å². The predicted molar refractivity (Wildman–Crippen MR) is 90.9 cm³/mol. The van der Waals surface area contributed by atoms with Gasteiger partial charge in [0, 0.05) is 23.1 Å². The molecule has 4 nitrogen and oxygen atoms in total. The highest BCUT2D eigenvalue weighted by atomic mass is 19.1. The maximum Gasteiger partial charge on any atom is 0.229 e. The largest absolute Gasteiger partial charge is 0.340 e. The van der Waals surface area contributed by atoms with E-state index in [0.29, 0.717) is 17.5 Å². The Bertz CT molecular complexity index is 833. The second-order valence-corrected chi connectivity index (χ2v) is 5.29. The van der Waals surface area contributed by atoms with Gasteiger partial charge in [-0.2, -0.15) is 4.98 Å². The second-order valence-electron chi connectivity index (χ2n) is 5.29. The Kier molecular flexibility index (Phi) is 4.19. The first-order valence-corrected chi connectivity index (χ1v) is 7.31. The predicted octanol–water partition coefficient (Wildman–Crippen LogP) is 4.72. The van der Waals surface area contributed by atoms with Crippen LogP contribution in [0.4, 0.5) is 27.5 Å². The van der Waals surface area contributed by atoms with Crippen molar-refractivity contribution in [2.45, 2.75) is 13.8 Å². The van der Waals surface area contributed by atoms with E-state index >= 15 is 0 Å². The minimum atomic E-state index is -0.305. The molecule has 0 aliphatic heterocycles. The van der Waals surface area contributed by atoms with Crippen molar-refractivity contribution in [2.75, 3.05) is 10.6 Å². The van der Waals surface area contributed by atoms with Gasteiger partial charge in [-0.15, -0.1) is 0 Å². The molecule has 0 amide bonds. The third-order valence-corrected chi connectivity index (χ3v) is 3.34. The molecular formula is C18H17FN4. The Morgan fingerprint density at radius 3 is 2.48 bits per heavy atom. The van der Waals surface area contributed by atoms with Gasteiger partial charge in [0.1, 0.15) is 11.6 Å². The van der Waals surface area contributed by atoms with Crippen LogP contribution in [0.3, 0.4) is 0 Å². The second kappa shape index (κ2) is 6.44. The maximum atomic E-state index is 13.3. The van der Waals surface area contributed by atoms with E-state index in [0.717, 1.165) is 16.9 Å². The zero-order valence-electron chi connectivity index (χ0n) is 13.0. The molecule has 0 radical (unpaired) electrons. The summed E-state index contributed by atoms with van der Waals surface area (Å²) >= 11 is 0. The van der Waals surface area contributed by atoms with E-state index in [2.05, 4.69) is 20.6 Å². The standard InChI is InChI=1S/C18H17FN4/c1-12-6-3-4-9-16(12)22-17-10-13(2)20-18(23-17)21-15-8-5-7-14(19)11-15/h3-11H,1-2H3,(H2,20,21,22,23). The lowest BCUT2D eigenvalue weighted by Crippen LogP contribution is -2.03. The number of rotatable bonds is 4. The van der Waals surface area contributed by atoms with E-state index in [-0.39, 0.29) is 5.82 Å². The SMILES string of the molecule is Cc1cc(Nc2ccccc2C)nc(Nc2cccc(F)c2)n1. The summed E-state index contributed by atoms with van der Waals surface area (Å²) < 4.78 is 13.3. The van der Waals surface area contributed by atoms with Gasteiger partial charge >= 0.3 is 0 Å². The van der Waals surface area contributed by atoms with Crippen molar-refractivity contribution in [1.82, 2.24) is 9.97 Å². The molecule has 3 aromatic rings. The summed E-state index contributed by atoms with van der Waals surface area (Å²) in [5.74, 6) is 0.804. The van der Waals surface area contributed by atoms with E-state index in [1.54, 1.807) is 12.1 Å². The number of hydrogen-bond donors (Lipinski definition) is 2. The molecule has 23 heavy (non-hydrogen) atoms. The molecule has 2 N–H and O–H groups in total. The van der Waals surface area contributed by atoms with Crippen LogP contribution >= 0.6 is 0 Å². The zero-order valence-corrected chi connectivity index (χ0v) is 13.0. The molecular weight excluding hydrogens is 291 g/mol. The van der Waals surface area contributed by atoms with E-state index in [4.69, 9.17) is 0 Å². The number of anilines is 4. The van der Waals surface area contributed by atoms with Gasteiger partial charge in [0.05, 0.1) is 0 Å². The quantitative estimate of drug-likeness (QED) is 0.732. The number of nitrogens with zero attached hydrogens (tertiary/aromatic N) is 2. The van der Waals surface area contributed by atoms with Gasteiger partial charge in [0.25, 0.3) is 0 Å². The van der Waals surface area contributed by atoms with E-state index < -0.39 is 0 Å². The molecule has 0 atom stereocenters. The van der Waals surface area contributed by atoms with Gasteiger partial charge in [-0.1, -0.05) is 24.3 Å². The number of benzene rings is 2.